The molecule has 0 bridgehead atoms. The van der Waals surface area contributed by atoms with Crippen molar-refractivity contribution in [1.29, 1.82) is 0 Å². The van der Waals surface area contributed by atoms with Crippen LogP contribution >= 0.6 is 7.82 Å². The van der Waals surface area contributed by atoms with E-state index in [9.17, 15) is 14.8 Å². The second-order valence-electron chi connectivity index (χ2n) is 5.78. The fourth-order valence-electron chi connectivity index (χ4n) is 2.33. The number of rotatable bonds is 3. The van der Waals surface area contributed by atoms with Gasteiger partial charge in [0.2, 0.25) is 0 Å². The summed E-state index contributed by atoms with van der Waals surface area (Å²) in [5.74, 6) is 0. The molecule has 0 radical (unpaired) electrons. The van der Waals surface area contributed by atoms with Crippen LogP contribution in [0.25, 0.3) is 0 Å². The first-order valence-electron chi connectivity index (χ1n) is 5.61. The number of aliphatic hydroxyl groups is 2. The molecule has 0 saturated carbocycles. The first-order chi connectivity index (χ1) is 7.93. The summed E-state index contributed by atoms with van der Waals surface area (Å²) < 4.78 is 20.8. The highest BCUT2D eigenvalue weighted by Gasteiger charge is 2.56. The Morgan fingerprint density at radius 3 is 2.11 bits per heavy atom. The van der Waals surface area contributed by atoms with Crippen LogP contribution in [0.1, 0.15) is 27.7 Å². The number of phosphoric acid groups is 1. The van der Waals surface area contributed by atoms with Crippen LogP contribution in [0.5, 0.6) is 0 Å². The van der Waals surface area contributed by atoms with Crippen molar-refractivity contribution in [3.8, 4) is 0 Å². The largest absolute Gasteiger partial charge is 0.471 e. The summed E-state index contributed by atoms with van der Waals surface area (Å²) in [5, 5.41) is 19.6. The van der Waals surface area contributed by atoms with Crippen molar-refractivity contribution in [3.05, 3.63) is 0 Å². The Morgan fingerprint density at radius 1 is 1.22 bits per heavy atom. The van der Waals surface area contributed by atoms with Crippen molar-refractivity contribution in [2.24, 2.45) is 10.8 Å². The number of aliphatic hydroxyl groups excluding tert-OH is 2. The minimum atomic E-state index is -4.74. The topological polar surface area (TPSA) is 116 Å². The number of hydrogen-bond acceptors (Lipinski definition) is 5. The van der Waals surface area contributed by atoms with Crippen LogP contribution in [0.2, 0.25) is 0 Å². The van der Waals surface area contributed by atoms with Gasteiger partial charge in [-0.05, 0) is 0 Å². The summed E-state index contributed by atoms with van der Waals surface area (Å²) in [6.45, 7) is 6.24. The third-order valence-electron chi connectivity index (χ3n) is 3.53. The monoisotopic (exact) mass is 284 g/mol. The van der Waals surface area contributed by atoms with Gasteiger partial charge in [-0.2, -0.15) is 0 Å². The molecule has 1 heterocycles. The Labute approximate surface area is 106 Å². The van der Waals surface area contributed by atoms with Crippen molar-refractivity contribution in [2.45, 2.75) is 46.2 Å². The van der Waals surface area contributed by atoms with E-state index in [0.29, 0.717) is 0 Å². The average molecular weight is 284 g/mol. The lowest BCUT2D eigenvalue weighted by molar-refractivity contribution is -0.300. The molecule has 1 saturated heterocycles. The van der Waals surface area contributed by atoms with Crippen molar-refractivity contribution in [1.82, 2.24) is 0 Å². The third kappa shape index (κ3) is 2.93. The molecule has 4 N–H and O–H groups in total. The smallest absolute Gasteiger partial charge is 0.394 e. The van der Waals surface area contributed by atoms with Gasteiger partial charge in [0.05, 0.1) is 18.8 Å². The van der Waals surface area contributed by atoms with E-state index in [4.69, 9.17) is 14.5 Å². The van der Waals surface area contributed by atoms with Crippen LogP contribution in [0.3, 0.4) is 0 Å². The first-order valence-corrected chi connectivity index (χ1v) is 7.14. The molecular formula is C10H21O7P. The Hall–Kier alpha value is -0.0100. The van der Waals surface area contributed by atoms with Crippen LogP contribution in [0, 0.1) is 10.8 Å². The van der Waals surface area contributed by atoms with Crippen LogP contribution in [0.4, 0.5) is 0 Å². The molecule has 1 fully saturated rings. The SMILES string of the molecule is CC1(C)C(CO)OC(OP(=O)(O)O)C(C)(C)[C@H]1O. The Bertz CT molecular complexity index is 348. The zero-order chi connectivity index (χ0) is 14.4. The standard InChI is InChI=1S/C10H21O7P/c1-9(2)6(5-11)16-8(17-18(13,14)15)10(3,4)7(9)12/h6-8,11-12H,5H2,1-4H3,(H2,13,14,15)/t6?,7-,8?/m0/s1. The lowest BCUT2D eigenvalue weighted by Gasteiger charge is -2.53. The minimum Gasteiger partial charge on any atom is -0.394 e. The van der Waals surface area contributed by atoms with Crippen LogP contribution in [0.15, 0.2) is 0 Å². The van der Waals surface area contributed by atoms with Gasteiger partial charge in [0, 0.05) is 10.8 Å². The summed E-state index contributed by atoms with van der Waals surface area (Å²) in [4.78, 5) is 17.7. The average Bonchev–Trinajstić information content (AvgIpc) is 2.18. The van der Waals surface area contributed by atoms with Gasteiger partial charge in [-0.3, -0.25) is 4.52 Å². The van der Waals surface area contributed by atoms with E-state index in [2.05, 4.69) is 4.52 Å². The van der Waals surface area contributed by atoms with Gasteiger partial charge < -0.3 is 24.7 Å². The Balaban J connectivity index is 3.04. The van der Waals surface area contributed by atoms with E-state index in [1.54, 1.807) is 27.7 Å². The quantitative estimate of drug-likeness (QED) is 0.548. The molecule has 8 heteroatoms. The molecule has 0 amide bonds. The summed E-state index contributed by atoms with van der Waals surface area (Å²) in [5.41, 5.74) is -1.77. The molecule has 1 rings (SSSR count). The molecule has 7 nitrogen and oxygen atoms in total. The zero-order valence-corrected chi connectivity index (χ0v) is 11.8. The summed E-state index contributed by atoms with van der Waals surface area (Å²) >= 11 is 0. The van der Waals surface area contributed by atoms with Crippen molar-refractivity contribution in [2.75, 3.05) is 6.61 Å². The van der Waals surface area contributed by atoms with Gasteiger partial charge in [-0.15, -0.1) is 0 Å². The summed E-state index contributed by atoms with van der Waals surface area (Å²) in [6, 6.07) is 0. The molecule has 0 aromatic carbocycles. The van der Waals surface area contributed by atoms with E-state index in [0.717, 1.165) is 0 Å². The molecule has 108 valence electrons. The van der Waals surface area contributed by atoms with Crippen LogP contribution in [-0.4, -0.2) is 45.1 Å². The number of hydrogen-bond donors (Lipinski definition) is 4. The van der Waals surface area contributed by atoms with Crippen molar-refractivity contribution in [3.63, 3.8) is 0 Å². The Kier molecular flexibility index (Phi) is 4.31. The lowest BCUT2D eigenvalue weighted by atomic mass is 9.66. The van der Waals surface area contributed by atoms with Gasteiger partial charge in [0.25, 0.3) is 0 Å². The third-order valence-corrected chi connectivity index (χ3v) is 4.00. The predicted molar refractivity (Wildman–Crippen MR) is 62.4 cm³/mol. The first kappa shape index (κ1) is 16.0. The van der Waals surface area contributed by atoms with Crippen molar-refractivity contribution < 1.29 is 33.8 Å². The minimum absolute atomic E-state index is 0.374. The van der Waals surface area contributed by atoms with Gasteiger partial charge in [-0.1, -0.05) is 27.7 Å². The van der Waals surface area contributed by atoms with Crippen molar-refractivity contribution >= 4 is 7.82 Å². The second kappa shape index (κ2) is 4.83. The molecule has 0 aliphatic carbocycles. The van der Waals surface area contributed by atoms with E-state index < -0.39 is 37.2 Å². The normalized spacial score (nSPS) is 35.4. The van der Waals surface area contributed by atoms with E-state index in [1.165, 1.54) is 0 Å². The predicted octanol–water partition coefficient (Wildman–Crippen LogP) is 0.226. The highest BCUT2D eigenvalue weighted by molar-refractivity contribution is 7.46. The fourth-order valence-corrected chi connectivity index (χ4v) is 2.90. The Morgan fingerprint density at radius 2 is 1.72 bits per heavy atom. The van der Waals surface area contributed by atoms with E-state index in [1.807, 2.05) is 0 Å². The molecule has 0 aromatic heterocycles. The maximum absolute atomic E-state index is 10.9. The van der Waals surface area contributed by atoms with E-state index >= 15 is 0 Å². The number of phosphoric ester groups is 1. The van der Waals surface area contributed by atoms with Gasteiger partial charge >= 0.3 is 7.82 Å². The van der Waals surface area contributed by atoms with E-state index in [-0.39, 0.29) is 6.61 Å². The molecule has 3 atom stereocenters. The second-order valence-corrected chi connectivity index (χ2v) is 6.97. The lowest BCUT2D eigenvalue weighted by Crippen LogP contribution is -2.61. The van der Waals surface area contributed by atoms with Crippen LogP contribution in [-0.2, 0) is 13.8 Å². The highest BCUT2D eigenvalue weighted by atomic mass is 31.2. The van der Waals surface area contributed by atoms with Crippen LogP contribution < -0.4 is 0 Å². The molecule has 0 spiro atoms. The highest BCUT2D eigenvalue weighted by Crippen LogP contribution is 2.51. The molecule has 1 aliphatic rings. The molecule has 18 heavy (non-hydrogen) atoms. The van der Waals surface area contributed by atoms with Gasteiger partial charge in [0.15, 0.2) is 6.29 Å². The van der Waals surface area contributed by atoms with Gasteiger partial charge in [-0.25, -0.2) is 4.57 Å². The fraction of sp³-hybridized carbons (Fsp3) is 1.00. The zero-order valence-electron chi connectivity index (χ0n) is 10.9. The maximum atomic E-state index is 10.9. The molecule has 2 unspecified atom stereocenters. The maximum Gasteiger partial charge on any atom is 0.471 e. The molecule has 1 aliphatic heterocycles. The summed E-state index contributed by atoms with van der Waals surface area (Å²) in [7, 11) is -4.74. The number of ether oxygens (including phenoxy) is 1. The molecule has 0 aromatic rings. The summed E-state index contributed by atoms with van der Waals surface area (Å²) in [6.07, 6.45) is -3.01. The molecular weight excluding hydrogens is 263 g/mol. The van der Waals surface area contributed by atoms with Gasteiger partial charge in [0.1, 0.15) is 0 Å².